The largest absolute Gasteiger partial charge is 0.497 e. The van der Waals surface area contributed by atoms with Gasteiger partial charge in [0.2, 0.25) is 0 Å². The molecule has 0 radical (unpaired) electrons. The number of hydrogen-bond donors (Lipinski definition) is 0. The molecule has 0 fully saturated rings. The van der Waals surface area contributed by atoms with Gasteiger partial charge >= 0.3 is 6.18 Å². The van der Waals surface area contributed by atoms with Crippen molar-refractivity contribution in [2.24, 2.45) is 0 Å². The zero-order valence-electron chi connectivity index (χ0n) is 13.4. The Morgan fingerprint density at radius 1 is 1.12 bits per heavy atom. The Labute approximate surface area is 151 Å². The quantitative estimate of drug-likeness (QED) is 0.668. The van der Waals surface area contributed by atoms with Gasteiger partial charge in [0, 0.05) is 11.3 Å². The third-order valence-corrected chi connectivity index (χ3v) is 3.87. The van der Waals surface area contributed by atoms with Crippen LogP contribution in [0.25, 0.3) is 16.9 Å². The van der Waals surface area contributed by atoms with Crippen molar-refractivity contribution < 1.29 is 17.9 Å². The number of nitrogens with zero attached hydrogens (tertiary/aromatic N) is 2. The minimum atomic E-state index is -4.52. The zero-order valence-corrected chi connectivity index (χ0v) is 14.2. The number of alkyl halides is 3. The summed E-state index contributed by atoms with van der Waals surface area (Å²) in [5.41, 5.74) is -0.903. The fraction of sp³-hybridized carbons (Fsp3) is 0.111. The summed E-state index contributed by atoms with van der Waals surface area (Å²) in [4.78, 5) is 16.8. The van der Waals surface area contributed by atoms with Crippen LogP contribution < -0.4 is 10.3 Å². The molecule has 0 spiro atoms. The standard InChI is InChI=1S/C18H12ClF3N2O2/c1-26-14-7-5-11(6-8-14)16-17(25)24(10-15(19)23-16)13-4-2-3-12(9-13)18(20,21)22/h2-10H,1H3. The molecule has 0 saturated heterocycles. The highest BCUT2D eigenvalue weighted by molar-refractivity contribution is 6.29. The highest BCUT2D eigenvalue weighted by Gasteiger charge is 2.30. The summed E-state index contributed by atoms with van der Waals surface area (Å²) in [6, 6.07) is 11.0. The first-order valence-electron chi connectivity index (χ1n) is 7.41. The predicted octanol–water partition coefficient (Wildman–Crippen LogP) is 4.58. The lowest BCUT2D eigenvalue weighted by atomic mass is 10.1. The first-order chi connectivity index (χ1) is 12.3. The molecule has 0 aliphatic heterocycles. The van der Waals surface area contributed by atoms with E-state index in [0.29, 0.717) is 11.3 Å². The average Bonchev–Trinajstić information content (AvgIpc) is 2.63. The summed E-state index contributed by atoms with van der Waals surface area (Å²) in [5.74, 6) is 0.592. The maximum absolute atomic E-state index is 12.9. The van der Waals surface area contributed by atoms with Gasteiger partial charge < -0.3 is 4.74 Å². The molecule has 4 nitrogen and oxygen atoms in total. The van der Waals surface area contributed by atoms with Crippen molar-refractivity contribution in [1.29, 1.82) is 0 Å². The van der Waals surface area contributed by atoms with Crippen LogP contribution in [0.2, 0.25) is 5.15 Å². The summed E-state index contributed by atoms with van der Waals surface area (Å²) in [6.45, 7) is 0. The Morgan fingerprint density at radius 2 is 1.81 bits per heavy atom. The lowest BCUT2D eigenvalue weighted by Gasteiger charge is -2.12. The molecule has 1 heterocycles. The van der Waals surface area contributed by atoms with Gasteiger partial charge in [-0.25, -0.2) is 4.98 Å². The van der Waals surface area contributed by atoms with Crippen molar-refractivity contribution >= 4 is 11.6 Å². The van der Waals surface area contributed by atoms with Gasteiger partial charge in [0.25, 0.3) is 5.56 Å². The highest BCUT2D eigenvalue weighted by Crippen LogP contribution is 2.30. The SMILES string of the molecule is COc1ccc(-c2nc(Cl)cn(-c3cccc(C(F)(F)F)c3)c2=O)cc1. The minimum absolute atomic E-state index is 0.0205. The molecule has 0 aliphatic rings. The molecule has 134 valence electrons. The lowest BCUT2D eigenvalue weighted by Crippen LogP contribution is -2.21. The Bertz CT molecular complexity index is 999. The van der Waals surface area contributed by atoms with Gasteiger partial charge in [0.05, 0.1) is 18.9 Å². The summed E-state index contributed by atoms with van der Waals surface area (Å²) < 4.78 is 44.9. The number of ether oxygens (including phenoxy) is 1. The number of rotatable bonds is 3. The molecular weight excluding hydrogens is 369 g/mol. The second-order valence-electron chi connectivity index (χ2n) is 5.36. The van der Waals surface area contributed by atoms with Crippen LogP contribution >= 0.6 is 11.6 Å². The number of methoxy groups -OCH3 is 1. The Balaban J connectivity index is 2.15. The van der Waals surface area contributed by atoms with Crippen molar-refractivity contribution in [1.82, 2.24) is 9.55 Å². The molecule has 3 rings (SSSR count). The molecule has 0 N–H and O–H groups in total. The van der Waals surface area contributed by atoms with Crippen LogP contribution in [0.1, 0.15) is 5.56 Å². The van der Waals surface area contributed by atoms with Gasteiger partial charge in [-0.05, 0) is 42.5 Å². The van der Waals surface area contributed by atoms with E-state index >= 15 is 0 Å². The van der Waals surface area contributed by atoms with E-state index in [0.717, 1.165) is 16.7 Å². The second kappa shape index (κ2) is 6.84. The molecule has 3 aromatic rings. The van der Waals surface area contributed by atoms with Crippen molar-refractivity contribution in [2.75, 3.05) is 7.11 Å². The van der Waals surface area contributed by atoms with Gasteiger partial charge in [-0.3, -0.25) is 9.36 Å². The number of benzene rings is 2. The van der Waals surface area contributed by atoms with Gasteiger partial charge in [-0.2, -0.15) is 13.2 Å². The van der Waals surface area contributed by atoms with Crippen molar-refractivity contribution in [3.63, 3.8) is 0 Å². The highest BCUT2D eigenvalue weighted by atomic mass is 35.5. The van der Waals surface area contributed by atoms with Crippen LogP contribution in [0.5, 0.6) is 5.75 Å². The molecular formula is C18H12ClF3N2O2. The van der Waals surface area contributed by atoms with Crippen LogP contribution in [-0.4, -0.2) is 16.7 Å². The monoisotopic (exact) mass is 380 g/mol. The zero-order chi connectivity index (χ0) is 18.9. The fourth-order valence-electron chi connectivity index (χ4n) is 2.42. The molecule has 8 heteroatoms. The van der Waals surface area contributed by atoms with Gasteiger partial charge in [0.15, 0.2) is 0 Å². The number of aromatic nitrogens is 2. The summed E-state index contributed by atoms with van der Waals surface area (Å²) in [5, 5.41) is -0.0205. The first-order valence-corrected chi connectivity index (χ1v) is 7.78. The van der Waals surface area contributed by atoms with Crippen LogP contribution in [0.4, 0.5) is 13.2 Å². The Kier molecular flexibility index (Phi) is 4.73. The van der Waals surface area contributed by atoms with E-state index in [1.165, 1.54) is 25.4 Å². The van der Waals surface area contributed by atoms with Crippen LogP contribution in [0.3, 0.4) is 0 Å². The van der Waals surface area contributed by atoms with Crippen LogP contribution in [0.15, 0.2) is 59.5 Å². The van der Waals surface area contributed by atoms with Crippen LogP contribution in [0, 0.1) is 0 Å². The molecule has 0 amide bonds. The number of halogens is 4. The van der Waals surface area contributed by atoms with Crippen molar-refractivity contribution in [3.05, 3.63) is 75.8 Å². The summed E-state index contributed by atoms with van der Waals surface area (Å²) >= 11 is 5.99. The Hall–Kier alpha value is -2.80. The van der Waals surface area contributed by atoms with Gasteiger partial charge in [-0.15, -0.1) is 0 Å². The van der Waals surface area contributed by atoms with Gasteiger partial charge in [0.1, 0.15) is 16.6 Å². The molecule has 0 unspecified atom stereocenters. The third kappa shape index (κ3) is 3.57. The summed E-state index contributed by atoms with van der Waals surface area (Å²) in [7, 11) is 1.51. The third-order valence-electron chi connectivity index (χ3n) is 3.69. The molecule has 0 aliphatic carbocycles. The van der Waals surface area contributed by atoms with Gasteiger partial charge in [-0.1, -0.05) is 17.7 Å². The lowest BCUT2D eigenvalue weighted by molar-refractivity contribution is -0.137. The molecule has 2 aromatic carbocycles. The van der Waals surface area contributed by atoms with E-state index in [9.17, 15) is 18.0 Å². The molecule has 0 atom stereocenters. The van der Waals surface area contributed by atoms with E-state index in [4.69, 9.17) is 16.3 Å². The van der Waals surface area contributed by atoms with Crippen molar-refractivity contribution in [2.45, 2.75) is 6.18 Å². The fourth-order valence-corrected chi connectivity index (χ4v) is 2.61. The Morgan fingerprint density at radius 3 is 2.42 bits per heavy atom. The topological polar surface area (TPSA) is 44.1 Å². The smallest absolute Gasteiger partial charge is 0.416 e. The molecule has 0 bridgehead atoms. The van der Waals surface area contributed by atoms with Crippen LogP contribution in [-0.2, 0) is 6.18 Å². The molecule has 0 saturated carbocycles. The summed E-state index contributed by atoms with van der Waals surface area (Å²) in [6.07, 6.45) is -3.33. The average molecular weight is 381 g/mol. The maximum atomic E-state index is 12.9. The van der Waals surface area contributed by atoms with Crippen molar-refractivity contribution in [3.8, 4) is 22.7 Å². The predicted molar refractivity (Wildman–Crippen MR) is 91.8 cm³/mol. The first kappa shape index (κ1) is 18.0. The normalized spacial score (nSPS) is 11.4. The van der Waals surface area contributed by atoms with E-state index in [1.807, 2.05) is 0 Å². The van der Waals surface area contributed by atoms with E-state index in [-0.39, 0.29) is 16.5 Å². The molecule has 26 heavy (non-hydrogen) atoms. The minimum Gasteiger partial charge on any atom is -0.497 e. The van der Waals surface area contributed by atoms with E-state index in [1.54, 1.807) is 24.3 Å². The van der Waals surface area contributed by atoms with E-state index in [2.05, 4.69) is 4.98 Å². The number of hydrogen-bond acceptors (Lipinski definition) is 3. The maximum Gasteiger partial charge on any atom is 0.416 e. The van der Waals surface area contributed by atoms with E-state index < -0.39 is 17.3 Å². The molecule has 1 aromatic heterocycles. The second-order valence-corrected chi connectivity index (χ2v) is 5.75.